The Bertz CT molecular complexity index is 963. The van der Waals surface area contributed by atoms with Crippen molar-refractivity contribution < 1.29 is 4.79 Å². The van der Waals surface area contributed by atoms with Gasteiger partial charge in [0.2, 0.25) is 0 Å². The van der Waals surface area contributed by atoms with Gasteiger partial charge >= 0.3 is 0 Å². The second kappa shape index (κ2) is 10.8. The fraction of sp³-hybridized carbons (Fsp3) is 0.111. The number of thioether (sulfide) groups is 2. The van der Waals surface area contributed by atoms with Gasteiger partial charge in [-0.05, 0) is 35.4 Å². The number of amides is 1. The van der Waals surface area contributed by atoms with Crippen LogP contribution in [0.5, 0.6) is 0 Å². The van der Waals surface area contributed by atoms with E-state index in [0.717, 1.165) is 30.6 Å². The molecule has 10 heteroatoms. The van der Waals surface area contributed by atoms with Gasteiger partial charge in [-0.15, -0.1) is 10.2 Å². The van der Waals surface area contributed by atoms with E-state index in [1.54, 1.807) is 30.1 Å². The zero-order valence-electron chi connectivity index (χ0n) is 14.3. The number of hydrazone groups is 1. The second-order valence-electron chi connectivity index (χ2n) is 5.39. The van der Waals surface area contributed by atoms with Crippen molar-refractivity contribution in [2.45, 2.75) is 14.4 Å². The minimum absolute atomic E-state index is 0.212. The molecule has 0 saturated heterocycles. The van der Waals surface area contributed by atoms with Crippen LogP contribution in [0.25, 0.3) is 0 Å². The van der Waals surface area contributed by atoms with Crippen molar-refractivity contribution in [3.8, 4) is 0 Å². The van der Waals surface area contributed by atoms with E-state index in [4.69, 9.17) is 23.2 Å². The lowest BCUT2D eigenvalue weighted by Gasteiger charge is -1.98. The number of carbonyl (C=O) groups is 1. The summed E-state index contributed by atoms with van der Waals surface area (Å²) in [6.07, 6.45) is 1.55. The minimum atomic E-state index is -0.214. The minimum Gasteiger partial charge on any atom is -0.272 e. The fourth-order valence-corrected chi connectivity index (χ4v) is 5.06. The Kier molecular flexibility index (Phi) is 8.17. The summed E-state index contributed by atoms with van der Waals surface area (Å²) < 4.78 is 1.60. The Balaban J connectivity index is 1.41. The number of halogens is 2. The molecule has 2 aromatic carbocycles. The summed E-state index contributed by atoms with van der Waals surface area (Å²) in [6, 6.07) is 14.9. The summed E-state index contributed by atoms with van der Waals surface area (Å²) in [7, 11) is 0. The molecular formula is C18H14Cl2N4OS3. The normalized spacial score (nSPS) is 11.1. The maximum Gasteiger partial charge on any atom is 0.250 e. The van der Waals surface area contributed by atoms with Gasteiger partial charge in [0.15, 0.2) is 8.68 Å². The molecule has 3 aromatic rings. The van der Waals surface area contributed by atoms with Crippen LogP contribution >= 0.6 is 58.1 Å². The van der Waals surface area contributed by atoms with Crippen LogP contribution in [-0.2, 0) is 10.5 Å². The maximum atomic E-state index is 11.9. The molecule has 0 radical (unpaired) electrons. The van der Waals surface area contributed by atoms with Crippen molar-refractivity contribution in [3.63, 3.8) is 0 Å². The molecule has 1 amide bonds. The second-order valence-corrected chi connectivity index (χ2v) is 9.68. The number of rotatable bonds is 8. The largest absolute Gasteiger partial charge is 0.272 e. The molecule has 0 aliphatic carbocycles. The molecule has 0 atom stereocenters. The lowest BCUT2D eigenvalue weighted by atomic mass is 10.2. The zero-order chi connectivity index (χ0) is 19.8. The number of aromatic nitrogens is 2. The van der Waals surface area contributed by atoms with Crippen LogP contribution in [0.4, 0.5) is 0 Å². The highest BCUT2D eigenvalue weighted by molar-refractivity contribution is 8.03. The molecule has 1 N–H and O–H groups in total. The predicted molar refractivity (Wildman–Crippen MR) is 119 cm³/mol. The highest BCUT2D eigenvalue weighted by atomic mass is 35.5. The van der Waals surface area contributed by atoms with E-state index in [0.29, 0.717) is 5.02 Å². The standard InChI is InChI=1S/C18H14Cl2N4OS3/c19-14-6-4-12(5-7-14)10-26-17-23-24-18(28-17)27-11-16(25)22-21-9-13-2-1-3-15(20)8-13/h1-9H,10-11H2,(H,22,25). The van der Waals surface area contributed by atoms with Crippen LogP contribution in [0.1, 0.15) is 11.1 Å². The number of hydrogen-bond acceptors (Lipinski definition) is 7. The van der Waals surface area contributed by atoms with Gasteiger partial charge in [-0.25, -0.2) is 5.43 Å². The molecular weight excluding hydrogens is 455 g/mol. The molecule has 0 bridgehead atoms. The van der Waals surface area contributed by atoms with Crippen LogP contribution < -0.4 is 5.43 Å². The molecule has 3 rings (SSSR count). The number of nitrogens with zero attached hydrogens (tertiary/aromatic N) is 3. The average Bonchev–Trinajstić information content (AvgIpc) is 3.14. The summed E-state index contributed by atoms with van der Waals surface area (Å²) in [6.45, 7) is 0. The number of nitrogens with one attached hydrogen (secondary N) is 1. The van der Waals surface area contributed by atoms with Crippen molar-refractivity contribution in [2.24, 2.45) is 5.10 Å². The van der Waals surface area contributed by atoms with E-state index in [2.05, 4.69) is 20.7 Å². The predicted octanol–water partition coefficient (Wildman–Crippen LogP) is 5.38. The fourth-order valence-electron chi connectivity index (χ4n) is 1.96. The quantitative estimate of drug-likeness (QED) is 0.273. The Morgan fingerprint density at radius 2 is 1.82 bits per heavy atom. The number of carbonyl (C=O) groups excluding carboxylic acids is 1. The summed E-state index contributed by atoms with van der Waals surface area (Å²) in [5.74, 6) is 0.785. The topological polar surface area (TPSA) is 67.2 Å². The van der Waals surface area contributed by atoms with Gasteiger partial charge in [-0.3, -0.25) is 4.79 Å². The van der Waals surface area contributed by atoms with E-state index in [1.165, 1.54) is 23.1 Å². The number of benzene rings is 2. The van der Waals surface area contributed by atoms with Crippen LogP contribution in [0.2, 0.25) is 10.0 Å². The summed E-state index contributed by atoms with van der Waals surface area (Å²) in [4.78, 5) is 11.9. The first-order chi connectivity index (χ1) is 13.6. The third-order valence-corrected chi connectivity index (χ3v) is 6.99. The SMILES string of the molecule is O=C(CSc1nnc(SCc2ccc(Cl)cc2)s1)NN=Cc1cccc(Cl)c1. The molecule has 0 fully saturated rings. The van der Waals surface area contributed by atoms with Crippen molar-refractivity contribution in [1.29, 1.82) is 0 Å². The summed E-state index contributed by atoms with van der Waals surface area (Å²) in [5, 5.41) is 13.5. The molecule has 5 nitrogen and oxygen atoms in total. The van der Waals surface area contributed by atoms with Gasteiger partial charge in [0, 0.05) is 15.8 Å². The van der Waals surface area contributed by atoms with Gasteiger partial charge in [0.1, 0.15) is 0 Å². The molecule has 28 heavy (non-hydrogen) atoms. The van der Waals surface area contributed by atoms with E-state index in [-0.39, 0.29) is 11.7 Å². The Labute approximate surface area is 184 Å². The summed E-state index contributed by atoms with van der Waals surface area (Å²) in [5.41, 5.74) is 4.46. The van der Waals surface area contributed by atoms with Crippen molar-refractivity contribution >= 4 is 70.2 Å². The third-order valence-electron chi connectivity index (χ3n) is 3.24. The highest BCUT2D eigenvalue weighted by Gasteiger charge is 2.08. The highest BCUT2D eigenvalue weighted by Crippen LogP contribution is 2.30. The van der Waals surface area contributed by atoms with Crippen LogP contribution in [0.3, 0.4) is 0 Å². The van der Waals surface area contributed by atoms with E-state index >= 15 is 0 Å². The lowest BCUT2D eigenvalue weighted by Crippen LogP contribution is -2.19. The first kappa shape index (κ1) is 21.1. The Hall–Kier alpha value is -1.58. The molecule has 0 unspecified atom stereocenters. The van der Waals surface area contributed by atoms with Crippen molar-refractivity contribution in [2.75, 3.05) is 5.75 Å². The molecule has 0 aliphatic heterocycles. The number of hydrogen-bond donors (Lipinski definition) is 1. The first-order valence-corrected chi connectivity index (χ1v) is 11.5. The van der Waals surface area contributed by atoms with Gasteiger partial charge in [-0.1, -0.05) is 82.3 Å². The third kappa shape index (κ3) is 7.10. The van der Waals surface area contributed by atoms with Gasteiger partial charge < -0.3 is 0 Å². The van der Waals surface area contributed by atoms with Crippen molar-refractivity contribution in [1.82, 2.24) is 15.6 Å². The molecule has 0 spiro atoms. The van der Waals surface area contributed by atoms with Crippen LogP contribution in [0, 0.1) is 0 Å². The average molecular weight is 469 g/mol. The zero-order valence-corrected chi connectivity index (χ0v) is 18.3. The summed E-state index contributed by atoms with van der Waals surface area (Å²) >= 11 is 16.2. The molecule has 1 heterocycles. The van der Waals surface area contributed by atoms with Gasteiger partial charge in [0.05, 0.1) is 12.0 Å². The maximum absolute atomic E-state index is 11.9. The smallest absolute Gasteiger partial charge is 0.250 e. The monoisotopic (exact) mass is 468 g/mol. The lowest BCUT2D eigenvalue weighted by molar-refractivity contribution is -0.118. The Morgan fingerprint density at radius 3 is 2.57 bits per heavy atom. The van der Waals surface area contributed by atoms with Crippen molar-refractivity contribution in [3.05, 3.63) is 69.7 Å². The van der Waals surface area contributed by atoms with E-state index in [1.807, 2.05) is 36.4 Å². The van der Waals surface area contributed by atoms with Gasteiger partial charge in [-0.2, -0.15) is 5.10 Å². The Morgan fingerprint density at radius 1 is 1.07 bits per heavy atom. The van der Waals surface area contributed by atoms with E-state index < -0.39 is 0 Å². The van der Waals surface area contributed by atoms with Crippen LogP contribution in [-0.4, -0.2) is 28.1 Å². The first-order valence-electron chi connectivity index (χ1n) is 7.99. The molecule has 0 saturated carbocycles. The van der Waals surface area contributed by atoms with E-state index in [9.17, 15) is 4.79 Å². The molecule has 144 valence electrons. The molecule has 0 aliphatic rings. The van der Waals surface area contributed by atoms with Gasteiger partial charge in [0.25, 0.3) is 5.91 Å². The molecule has 1 aromatic heterocycles. The van der Waals surface area contributed by atoms with Crippen LogP contribution in [0.15, 0.2) is 62.3 Å².